The first-order valence-electron chi connectivity index (χ1n) is 5.47. The maximum Gasteiger partial charge on any atom is 0.134 e. The Labute approximate surface area is 81.1 Å². The van der Waals surface area contributed by atoms with Crippen molar-refractivity contribution in [2.75, 3.05) is 6.54 Å². The van der Waals surface area contributed by atoms with Crippen molar-refractivity contribution in [3.63, 3.8) is 0 Å². The van der Waals surface area contributed by atoms with Gasteiger partial charge in [0.05, 0.1) is 0 Å². The predicted octanol–water partition coefficient (Wildman–Crippen LogP) is 2.13. The molecule has 1 rings (SSSR count). The molecular formula is C11H21NO. The van der Waals surface area contributed by atoms with E-state index in [-0.39, 0.29) is 0 Å². The zero-order valence-corrected chi connectivity index (χ0v) is 8.81. The summed E-state index contributed by atoms with van der Waals surface area (Å²) < 4.78 is 0. The van der Waals surface area contributed by atoms with E-state index < -0.39 is 0 Å². The van der Waals surface area contributed by atoms with E-state index in [1.807, 2.05) is 0 Å². The van der Waals surface area contributed by atoms with Crippen molar-refractivity contribution < 1.29 is 4.79 Å². The highest BCUT2D eigenvalue weighted by molar-refractivity contribution is 5.79. The summed E-state index contributed by atoms with van der Waals surface area (Å²) in [6.07, 6.45) is 5.43. The fourth-order valence-electron chi connectivity index (χ4n) is 1.86. The van der Waals surface area contributed by atoms with E-state index in [0.29, 0.717) is 18.2 Å². The molecule has 0 saturated heterocycles. The Bertz CT molecular complexity index is 163. The van der Waals surface area contributed by atoms with E-state index in [4.69, 9.17) is 0 Å². The number of nitrogens with one attached hydrogen (secondary N) is 1. The highest BCUT2D eigenvalue weighted by atomic mass is 16.1. The number of Topliss-reactive ketones (excluding diaryl/α,β-unsaturated/α-hetero) is 1. The van der Waals surface area contributed by atoms with Crippen LogP contribution in [0.3, 0.4) is 0 Å². The monoisotopic (exact) mass is 183 g/mol. The first-order valence-corrected chi connectivity index (χ1v) is 5.47. The lowest BCUT2D eigenvalue weighted by Crippen LogP contribution is -2.29. The fraction of sp³-hybridized carbons (Fsp3) is 0.909. The minimum absolute atomic E-state index is 0.359. The van der Waals surface area contributed by atoms with Crippen molar-refractivity contribution in [3.8, 4) is 0 Å². The summed E-state index contributed by atoms with van der Waals surface area (Å²) in [4.78, 5) is 11.5. The Hall–Kier alpha value is -0.370. The predicted molar refractivity (Wildman–Crippen MR) is 54.7 cm³/mol. The molecule has 0 amide bonds. The lowest BCUT2D eigenvalue weighted by molar-refractivity contribution is -0.120. The second-order valence-corrected chi connectivity index (χ2v) is 4.20. The van der Waals surface area contributed by atoms with Crippen LogP contribution in [0.15, 0.2) is 0 Å². The third-order valence-electron chi connectivity index (χ3n) is 2.83. The summed E-state index contributed by atoms with van der Waals surface area (Å²) in [5.74, 6) is 1.17. The van der Waals surface area contributed by atoms with Gasteiger partial charge in [-0.2, -0.15) is 0 Å². The van der Waals surface area contributed by atoms with Crippen LogP contribution in [0.5, 0.6) is 0 Å². The smallest absolute Gasteiger partial charge is 0.134 e. The first kappa shape index (κ1) is 10.7. The van der Waals surface area contributed by atoms with Crippen molar-refractivity contribution in [2.24, 2.45) is 5.92 Å². The molecule has 2 nitrogen and oxygen atoms in total. The molecule has 1 N–H and O–H groups in total. The SMILES string of the molecule is CCNC(C)CC(=O)CC1CCC1. The Morgan fingerprint density at radius 3 is 2.69 bits per heavy atom. The van der Waals surface area contributed by atoms with Crippen molar-refractivity contribution in [2.45, 2.75) is 52.0 Å². The quantitative estimate of drug-likeness (QED) is 0.683. The van der Waals surface area contributed by atoms with E-state index in [1.54, 1.807) is 0 Å². The molecule has 1 unspecified atom stereocenters. The molecule has 0 heterocycles. The molecule has 0 radical (unpaired) electrons. The molecule has 0 bridgehead atoms. The number of hydrogen-bond acceptors (Lipinski definition) is 2. The van der Waals surface area contributed by atoms with E-state index in [9.17, 15) is 4.79 Å². The van der Waals surface area contributed by atoms with Crippen LogP contribution in [0.25, 0.3) is 0 Å². The van der Waals surface area contributed by atoms with E-state index in [0.717, 1.165) is 18.9 Å². The molecule has 2 heteroatoms. The topological polar surface area (TPSA) is 29.1 Å². The van der Waals surface area contributed by atoms with Crippen molar-refractivity contribution >= 4 is 5.78 Å². The molecule has 1 aliphatic carbocycles. The van der Waals surface area contributed by atoms with Crippen LogP contribution in [0.4, 0.5) is 0 Å². The molecular weight excluding hydrogens is 162 g/mol. The van der Waals surface area contributed by atoms with Gasteiger partial charge in [0.25, 0.3) is 0 Å². The summed E-state index contributed by atoms with van der Waals surface area (Å²) in [5, 5.41) is 3.26. The lowest BCUT2D eigenvalue weighted by Gasteiger charge is -2.24. The normalized spacial score (nSPS) is 19.5. The zero-order chi connectivity index (χ0) is 9.68. The number of rotatable bonds is 6. The van der Waals surface area contributed by atoms with Gasteiger partial charge < -0.3 is 5.32 Å². The number of ketones is 1. The summed E-state index contributed by atoms with van der Waals surface area (Å²) in [6.45, 7) is 5.12. The molecule has 0 aliphatic heterocycles. The molecule has 0 aromatic heterocycles. The van der Waals surface area contributed by atoms with Crippen molar-refractivity contribution in [3.05, 3.63) is 0 Å². The minimum Gasteiger partial charge on any atom is -0.314 e. The summed E-state index contributed by atoms with van der Waals surface area (Å²) in [7, 11) is 0. The third kappa shape index (κ3) is 3.90. The van der Waals surface area contributed by atoms with Crippen LogP contribution in [0, 0.1) is 5.92 Å². The number of carbonyl (C=O) groups excluding carboxylic acids is 1. The van der Waals surface area contributed by atoms with Gasteiger partial charge in [-0.1, -0.05) is 26.2 Å². The summed E-state index contributed by atoms with van der Waals surface area (Å²) >= 11 is 0. The highest BCUT2D eigenvalue weighted by Crippen LogP contribution is 2.29. The molecule has 1 saturated carbocycles. The van der Waals surface area contributed by atoms with Gasteiger partial charge in [0, 0.05) is 18.9 Å². The third-order valence-corrected chi connectivity index (χ3v) is 2.83. The Morgan fingerprint density at radius 2 is 2.23 bits per heavy atom. The number of carbonyl (C=O) groups is 1. The molecule has 1 aliphatic rings. The fourth-order valence-corrected chi connectivity index (χ4v) is 1.86. The van der Waals surface area contributed by atoms with Gasteiger partial charge in [-0.15, -0.1) is 0 Å². The lowest BCUT2D eigenvalue weighted by atomic mass is 9.81. The van der Waals surface area contributed by atoms with Gasteiger partial charge in [-0.05, 0) is 19.4 Å². The van der Waals surface area contributed by atoms with Crippen LogP contribution in [0.1, 0.15) is 46.0 Å². The zero-order valence-electron chi connectivity index (χ0n) is 8.81. The molecule has 1 fully saturated rings. The van der Waals surface area contributed by atoms with Crippen LogP contribution in [-0.4, -0.2) is 18.4 Å². The molecule has 0 aromatic rings. The maximum absolute atomic E-state index is 11.5. The molecule has 1 atom stereocenters. The number of hydrogen-bond donors (Lipinski definition) is 1. The Kier molecular flexibility index (Phi) is 4.43. The molecule has 76 valence electrons. The second kappa shape index (κ2) is 5.38. The van der Waals surface area contributed by atoms with E-state index >= 15 is 0 Å². The van der Waals surface area contributed by atoms with Gasteiger partial charge >= 0.3 is 0 Å². The van der Waals surface area contributed by atoms with Crippen LogP contribution in [-0.2, 0) is 4.79 Å². The highest BCUT2D eigenvalue weighted by Gasteiger charge is 2.21. The minimum atomic E-state index is 0.359. The summed E-state index contributed by atoms with van der Waals surface area (Å²) in [5.41, 5.74) is 0. The van der Waals surface area contributed by atoms with Gasteiger partial charge in [-0.3, -0.25) is 4.79 Å². The average molecular weight is 183 g/mol. The largest absolute Gasteiger partial charge is 0.314 e. The van der Waals surface area contributed by atoms with Crippen molar-refractivity contribution in [1.82, 2.24) is 5.32 Å². The second-order valence-electron chi connectivity index (χ2n) is 4.20. The van der Waals surface area contributed by atoms with Crippen LogP contribution >= 0.6 is 0 Å². The average Bonchev–Trinajstić information content (AvgIpc) is 1.97. The first-order chi connectivity index (χ1) is 6.22. The maximum atomic E-state index is 11.5. The van der Waals surface area contributed by atoms with Gasteiger partial charge in [-0.25, -0.2) is 0 Å². The molecule has 0 aromatic carbocycles. The Balaban J connectivity index is 2.08. The summed E-state index contributed by atoms with van der Waals surface area (Å²) in [6, 6.07) is 0.359. The molecule has 13 heavy (non-hydrogen) atoms. The van der Waals surface area contributed by atoms with Crippen molar-refractivity contribution in [1.29, 1.82) is 0 Å². The molecule has 0 spiro atoms. The van der Waals surface area contributed by atoms with E-state index in [2.05, 4.69) is 19.2 Å². The van der Waals surface area contributed by atoms with Crippen LogP contribution in [0.2, 0.25) is 0 Å². The van der Waals surface area contributed by atoms with Gasteiger partial charge in [0.2, 0.25) is 0 Å². The standard InChI is InChI=1S/C11H21NO/c1-3-12-9(2)7-11(13)8-10-5-4-6-10/h9-10,12H,3-8H2,1-2H3. The van der Waals surface area contributed by atoms with Gasteiger partial charge in [0.1, 0.15) is 5.78 Å². The van der Waals surface area contributed by atoms with Crippen LogP contribution < -0.4 is 5.32 Å². The van der Waals surface area contributed by atoms with E-state index in [1.165, 1.54) is 19.3 Å². The van der Waals surface area contributed by atoms with Gasteiger partial charge in [0.15, 0.2) is 0 Å². The Morgan fingerprint density at radius 1 is 1.54 bits per heavy atom.